The first-order valence-electron chi connectivity index (χ1n) is 14.4. The monoisotopic (exact) mass is 611 g/mol. The quantitative estimate of drug-likeness (QED) is 0.0735. The number of nitrogens with one attached hydrogen (secondary N) is 7. The summed E-state index contributed by atoms with van der Waals surface area (Å²) < 4.78 is 4.96. The predicted octanol–water partition coefficient (Wildman–Crippen LogP) is 2.29. The van der Waals surface area contributed by atoms with Crippen LogP contribution in [0.1, 0.15) is 50.2 Å². The van der Waals surface area contributed by atoms with Crippen molar-refractivity contribution in [3.05, 3.63) is 47.5 Å². The number of H-pyrrole nitrogens is 1. The number of benzene rings is 2. The molecule has 0 spiro atoms. The molecular formula is C30H38ClN7O5. The molecular weight excluding hydrogens is 574 g/mol. The Balaban J connectivity index is 1.67. The molecule has 4 rings (SSSR count). The third kappa shape index (κ3) is 8.38. The number of carbonyl (C=O) groups is 4. The molecule has 1 unspecified atom stereocenters. The van der Waals surface area contributed by atoms with Gasteiger partial charge in [-0.15, -0.1) is 0 Å². The minimum Gasteiger partial charge on any atom is -0.467 e. The van der Waals surface area contributed by atoms with Gasteiger partial charge in [0.15, 0.2) is 0 Å². The summed E-state index contributed by atoms with van der Waals surface area (Å²) in [5, 5.41) is 20.7. The zero-order chi connectivity index (χ0) is 30.9. The van der Waals surface area contributed by atoms with Gasteiger partial charge in [-0.1, -0.05) is 18.6 Å². The largest absolute Gasteiger partial charge is 0.467 e. The van der Waals surface area contributed by atoms with Gasteiger partial charge in [0, 0.05) is 53.5 Å². The van der Waals surface area contributed by atoms with Crippen molar-refractivity contribution in [3.8, 4) is 0 Å². The van der Waals surface area contributed by atoms with Crippen molar-refractivity contribution in [1.29, 1.82) is 5.41 Å². The summed E-state index contributed by atoms with van der Waals surface area (Å²) in [6.45, 7) is 1.64. The summed E-state index contributed by atoms with van der Waals surface area (Å²) in [4.78, 5) is 57.4. The molecule has 7 N–H and O–H groups in total. The second kappa shape index (κ2) is 14.7. The number of hydrogen-bond donors (Lipinski definition) is 7. The van der Waals surface area contributed by atoms with Gasteiger partial charge in [-0.3, -0.25) is 24.6 Å². The van der Waals surface area contributed by atoms with Crippen LogP contribution in [0.15, 0.2) is 36.4 Å². The molecule has 0 saturated carbocycles. The fourth-order valence-corrected chi connectivity index (χ4v) is 5.47. The molecule has 1 aliphatic rings. The number of esters is 1. The molecule has 43 heavy (non-hydrogen) atoms. The summed E-state index contributed by atoms with van der Waals surface area (Å²) in [6.07, 6.45) is 3.42. The van der Waals surface area contributed by atoms with E-state index in [1.54, 1.807) is 0 Å². The summed E-state index contributed by atoms with van der Waals surface area (Å²) in [5.41, 5.74) is 3.97. The van der Waals surface area contributed by atoms with Crippen LogP contribution in [-0.2, 0) is 36.8 Å². The second-order valence-corrected chi connectivity index (χ2v) is 11.0. The average molecular weight is 612 g/mol. The molecule has 1 aliphatic heterocycles. The lowest BCUT2D eigenvalue weighted by Gasteiger charge is -2.25. The van der Waals surface area contributed by atoms with Gasteiger partial charge >= 0.3 is 5.97 Å². The third-order valence-corrected chi connectivity index (χ3v) is 7.76. The zero-order valence-electron chi connectivity index (χ0n) is 24.3. The zero-order valence-corrected chi connectivity index (χ0v) is 25.0. The van der Waals surface area contributed by atoms with Gasteiger partial charge < -0.3 is 31.0 Å². The van der Waals surface area contributed by atoms with E-state index >= 15 is 0 Å². The maximum Gasteiger partial charge on any atom is 0.328 e. The Bertz CT molecular complexity index is 1510. The number of aryl methyl sites for hydroxylation is 1. The standard InChI is InChI=1S/C30H38ClN7O5/c1-17(39)34-26-16-19-10-12-23-21(15-19)20-14-18(9-11-22(20)35-23)6-3-4-7-25(29(42)43-2)37-27(40)24(36-28(26)41)8-5-13-33-30(32)38-31/h9-12,14-15,24-26,35H,3-8,13,16H2,1-2H3,(H,34,39)(H,36,41)(H,37,40)(H3,32,33,38)/t24-,25-,26?/m0/s1. The number of guanidine groups is 1. The van der Waals surface area contributed by atoms with Crippen LogP contribution in [-0.4, -0.2) is 66.4 Å². The lowest BCUT2D eigenvalue weighted by Crippen LogP contribution is -2.56. The van der Waals surface area contributed by atoms with Crippen molar-refractivity contribution < 1.29 is 23.9 Å². The molecule has 4 bridgehead atoms. The van der Waals surface area contributed by atoms with Crippen LogP contribution in [0.4, 0.5) is 0 Å². The number of aromatic nitrogens is 1. The number of ether oxygens (including phenoxy) is 1. The lowest BCUT2D eigenvalue weighted by molar-refractivity contribution is -0.145. The Morgan fingerprint density at radius 3 is 2.40 bits per heavy atom. The molecule has 12 nitrogen and oxygen atoms in total. The maximum atomic E-state index is 13.6. The van der Waals surface area contributed by atoms with E-state index in [4.69, 9.17) is 21.9 Å². The molecule has 1 aromatic heterocycles. The van der Waals surface area contributed by atoms with Crippen LogP contribution in [0.3, 0.4) is 0 Å². The van der Waals surface area contributed by atoms with E-state index in [2.05, 4.69) is 49.3 Å². The summed E-state index contributed by atoms with van der Waals surface area (Å²) in [7, 11) is 1.27. The van der Waals surface area contributed by atoms with Crippen LogP contribution < -0.4 is 26.1 Å². The molecule has 3 atom stereocenters. The van der Waals surface area contributed by atoms with E-state index < -0.39 is 35.9 Å². The van der Waals surface area contributed by atoms with E-state index in [-0.39, 0.29) is 24.7 Å². The maximum absolute atomic E-state index is 13.6. The van der Waals surface area contributed by atoms with Crippen molar-refractivity contribution in [3.63, 3.8) is 0 Å². The molecule has 13 heteroatoms. The van der Waals surface area contributed by atoms with Crippen LogP contribution in [0.25, 0.3) is 21.8 Å². The van der Waals surface area contributed by atoms with E-state index in [0.29, 0.717) is 25.8 Å². The van der Waals surface area contributed by atoms with Gasteiger partial charge in [0.2, 0.25) is 23.7 Å². The molecule has 3 aromatic rings. The highest BCUT2D eigenvalue weighted by molar-refractivity contribution is 6.21. The highest BCUT2D eigenvalue weighted by Gasteiger charge is 2.30. The Kier molecular flexibility index (Phi) is 10.8. The third-order valence-electron chi connectivity index (χ3n) is 7.57. The van der Waals surface area contributed by atoms with Crippen LogP contribution in [0.5, 0.6) is 0 Å². The van der Waals surface area contributed by atoms with Gasteiger partial charge in [0.25, 0.3) is 0 Å². The van der Waals surface area contributed by atoms with E-state index in [0.717, 1.165) is 45.8 Å². The first-order chi connectivity index (χ1) is 20.7. The van der Waals surface area contributed by atoms with Gasteiger partial charge in [0.1, 0.15) is 18.1 Å². The molecule has 2 aromatic carbocycles. The topological polar surface area (TPSA) is 177 Å². The number of amides is 3. The molecule has 230 valence electrons. The van der Waals surface area contributed by atoms with Crippen molar-refractivity contribution in [1.82, 2.24) is 31.1 Å². The van der Waals surface area contributed by atoms with Crippen LogP contribution in [0, 0.1) is 5.41 Å². The molecule has 2 heterocycles. The highest BCUT2D eigenvalue weighted by Crippen LogP contribution is 2.28. The molecule has 0 aliphatic carbocycles. The molecule has 0 radical (unpaired) electrons. The predicted molar refractivity (Wildman–Crippen MR) is 164 cm³/mol. The van der Waals surface area contributed by atoms with Crippen LogP contribution >= 0.6 is 11.8 Å². The van der Waals surface area contributed by atoms with Crippen molar-refractivity contribution in [2.45, 2.75) is 70.0 Å². The fourth-order valence-electron chi connectivity index (χ4n) is 5.40. The van der Waals surface area contributed by atoms with Crippen molar-refractivity contribution >= 4 is 63.2 Å². The highest BCUT2D eigenvalue weighted by atomic mass is 35.5. The fraction of sp³-hybridized carbons (Fsp3) is 0.433. The number of methoxy groups -OCH3 is 1. The van der Waals surface area contributed by atoms with Gasteiger partial charge in [-0.25, -0.2) is 4.79 Å². The van der Waals surface area contributed by atoms with E-state index in [1.807, 2.05) is 18.2 Å². The van der Waals surface area contributed by atoms with Gasteiger partial charge in [0.05, 0.1) is 7.11 Å². The average Bonchev–Trinajstić information content (AvgIpc) is 3.35. The summed E-state index contributed by atoms with van der Waals surface area (Å²) >= 11 is 5.42. The van der Waals surface area contributed by atoms with E-state index in [1.165, 1.54) is 14.0 Å². The Morgan fingerprint density at radius 1 is 1.02 bits per heavy atom. The number of carbonyl (C=O) groups excluding carboxylic acids is 4. The minimum atomic E-state index is -1.01. The number of rotatable bonds is 6. The summed E-state index contributed by atoms with van der Waals surface area (Å²) in [6, 6.07) is 9.35. The first-order valence-corrected chi connectivity index (χ1v) is 14.7. The first kappa shape index (κ1) is 31.6. The van der Waals surface area contributed by atoms with Gasteiger partial charge in [-0.05, 0) is 67.5 Å². The number of halogens is 1. The Morgan fingerprint density at radius 2 is 1.72 bits per heavy atom. The van der Waals surface area contributed by atoms with Gasteiger partial charge in [-0.2, -0.15) is 0 Å². The minimum absolute atomic E-state index is 0.0980. The second-order valence-electron chi connectivity index (χ2n) is 10.8. The van der Waals surface area contributed by atoms with Crippen molar-refractivity contribution in [2.24, 2.45) is 0 Å². The Hall–Kier alpha value is -4.32. The molecule has 0 saturated heterocycles. The lowest BCUT2D eigenvalue weighted by atomic mass is 9.99. The van der Waals surface area contributed by atoms with Crippen LogP contribution in [0.2, 0.25) is 0 Å². The number of fused-ring (bicyclic) bond motifs is 2. The molecule has 0 fully saturated rings. The number of aromatic amines is 1. The summed E-state index contributed by atoms with van der Waals surface area (Å²) in [5.74, 6) is -2.12. The molecule has 3 amide bonds. The Labute approximate surface area is 254 Å². The SMILES string of the molecule is COC(=O)[C@@H]1CCCCc2ccc3[nH]c4ccc(cc4c3c2)CC(NC(C)=O)C(=O)N[C@@H](CCCNC(=N)NCl)C(=O)N1. The van der Waals surface area contributed by atoms with E-state index in [9.17, 15) is 19.2 Å². The number of hydrogen-bond acceptors (Lipinski definition) is 6. The normalized spacial score (nSPS) is 19.8. The smallest absolute Gasteiger partial charge is 0.328 e. The van der Waals surface area contributed by atoms with Crippen molar-refractivity contribution in [2.75, 3.05) is 13.7 Å².